The molecular formula is C19H17BrN4O2S. The lowest BCUT2D eigenvalue weighted by Crippen LogP contribution is -2.23. The largest absolute Gasteiger partial charge is 0.366 e. The number of hydrogen-bond donors (Lipinski definition) is 2. The first kappa shape index (κ1) is 19.2. The van der Waals surface area contributed by atoms with Gasteiger partial charge in [-0.1, -0.05) is 27.7 Å². The van der Waals surface area contributed by atoms with Crippen molar-refractivity contribution in [2.45, 2.75) is 17.3 Å². The van der Waals surface area contributed by atoms with Crippen LogP contribution in [0.5, 0.6) is 0 Å². The molecule has 0 aliphatic heterocycles. The molecular weight excluding hydrogens is 428 g/mol. The maximum atomic E-state index is 12.5. The number of thioether (sulfide) groups is 1. The topological polar surface area (TPSA) is 90.0 Å². The highest BCUT2D eigenvalue weighted by Gasteiger charge is 2.18. The zero-order valence-electron chi connectivity index (χ0n) is 14.4. The van der Waals surface area contributed by atoms with E-state index >= 15 is 0 Å². The van der Waals surface area contributed by atoms with Crippen molar-refractivity contribution in [1.29, 1.82) is 0 Å². The van der Waals surface area contributed by atoms with Crippen molar-refractivity contribution in [3.63, 3.8) is 0 Å². The second-order valence-corrected chi connectivity index (χ2v) is 7.97. The predicted molar refractivity (Wildman–Crippen MR) is 110 cm³/mol. The van der Waals surface area contributed by atoms with Gasteiger partial charge in [0.1, 0.15) is 0 Å². The molecule has 0 bridgehead atoms. The van der Waals surface area contributed by atoms with Gasteiger partial charge in [-0.25, -0.2) is 4.98 Å². The summed E-state index contributed by atoms with van der Waals surface area (Å²) in [7, 11) is 0. The molecule has 1 heterocycles. The average Bonchev–Trinajstić information content (AvgIpc) is 3.10. The first-order valence-electron chi connectivity index (χ1n) is 8.11. The van der Waals surface area contributed by atoms with Gasteiger partial charge in [0, 0.05) is 33.8 Å². The number of rotatable bonds is 6. The van der Waals surface area contributed by atoms with E-state index in [0.29, 0.717) is 11.3 Å². The molecule has 3 aromatic rings. The molecule has 0 saturated heterocycles. The van der Waals surface area contributed by atoms with Crippen LogP contribution in [-0.4, -0.2) is 26.6 Å². The molecule has 0 fully saturated rings. The summed E-state index contributed by atoms with van der Waals surface area (Å²) in [6, 6.07) is 14.3. The second-order valence-electron chi connectivity index (χ2n) is 5.75. The quantitative estimate of drug-likeness (QED) is 0.564. The molecule has 0 unspecified atom stereocenters. The van der Waals surface area contributed by atoms with Crippen LogP contribution >= 0.6 is 27.7 Å². The third kappa shape index (κ3) is 4.78. The van der Waals surface area contributed by atoms with Gasteiger partial charge < -0.3 is 11.1 Å². The van der Waals surface area contributed by atoms with Gasteiger partial charge in [0.25, 0.3) is 0 Å². The number of nitrogens with zero attached hydrogens (tertiary/aromatic N) is 2. The van der Waals surface area contributed by atoms with E-state index in [1.807, 2.05) is 42.0 Å². The predicted octanol–water partition coefficient (Wildman–Crippen LogP) is 3.85. The fraction of sp³-hybridized carbons (Fsp3) is 0.105. The summed E-state index contributed by atoms with van der Waals surface area (Å²) in [6.45, 7) is 1.82. The van der Waals surface area contributed by atoms with Gasteiger partial charge in [-0.2, -0.15) is 0 Å². The van der Waals surface area contributed by atoms with Crippen LogP contribution in [0.3, 0.4) is 0 Å². The summed E-state index contributed by atoms with van der Waals surface area (Å²) in [5.41, 5.74) is 7.18. The lowest BCUT2D eigenvalue weighted by molar-refractivity contribution is -0.115. The molecule has 6 nitrogen and oxygen atoms in total. The molecule has 0 radical (unpaired) electrons. The minimum absolute atomic E-state index is 0.155. The van der Waals surface area contributed by atoms with E-state index in [9.17, 15) is 9.59 Å². The van der Waals surface area contributed by atoms with Crippen LogP contribution in [0.1, 0.15) is 17.3 Å². The number of nitrogens with one attached hydrogen (secondary N) is 1. The van der Waals surface area contributed by atoms with Crippen molar-refractivity contribution in [3.8, 4) is 5.69 Å². The molecule has 3 N–H and O–H groups in total. The van der Waals surface area contributed by atoms with Gasteiger partial charge in [-0.3, -0.25) is 14.2 Å². The van der Waals surface area contributed by atoms with Crippen molar-refractivity contribution >= 4 is 45.2 Å². The maximum Gasteiger partial charge on any atom is 0.248 e. The summed E-state index contributed by atoms with van der Waals surface area (Å²) < 4.78 is 2.93. The Morgan fingerprint density at radius 1 is 1.15 bits per heavy atom. The number of aromatic nitrogens is 2. The van der Waals surface area contributed by atoms with Crippen molar-refractivity contribution in [3.05, 3.63) is 71.0 Å². The first-order chi connectivity index (χ1) is 12.9. The van der Waals surface area contributed by atoms with Crippen LogP contribution < -0.4 is 11.1 Å². The van der Waals surface area contributed by atoms with E-state index < -0.39 is 5.91 Å². The lowest BCUT2D eigenvalue weighted by Gasteiger charge is -2.13. The van der Waals surface area contributed by atoms with Crippen LogP contribution in [-0.2, 0) is 4.79 Å². The minimum Gasteiger partial charge on any atom is -0.366 e. The highest BCUT2D eigenvalue weighted by atomic mass is 79.9. The Hall–Kier alpha value is -2.58. The minimum atomic E-state index is -0.503. The second kappa shape index (κ2) is 8.41. The van der Waals surface area contributed by atoms with Gasteiger partial charge in [0.15, 0.2) is 5.16 Å². The molecule has 2 aromatic carbocycles. The molecule has 27 heavy (non-hydrogen) atoms. The van der Waals surface area contributed by atoms with Crippen molar-refractivity contribution in [2.75, 3.05) is 5.32 Å². The van der Waals surface area contributed by atoms with Crippen LogP contribution in [0.4, 0.5) is 5.69 Å². The van der Waals surface area contributed by atoms with Crippen LogP contribution in [0, 0.1) is 0 Å². The average molecular weight is 445 g/mol. The Morgan fingerprint density at radius 2 is 1.81 bits per heavy atom. The fourth-order valence-corrected chi connectivity index (χ4v) is 3.50. The van der Waals surface area contributed by atoms with Gasteiger partial charge in [0.2, 0.25) is 11.8 Å². The van der Waals surface area contributed by atoms with E-state index in [1.54, 1.807) is 30.5 Å². The van der Waals surface area contributed by atoms with Gasteiger partial charge in [-0.15, -0.1) is 0 Å². The smallest absolute Gasteiger partial charge is 0.248 e. The van der Waals surface area contributed by atoms with Gasteiger partial charge in [0.05, 0.1) is 5.25 Å². The van der Waals surface area contributed by atoms with Gasteiger partial charge in [-0.05, 0) is 55.5 Å². The number of carbonyl (C=O) groups excluding carboxylic acids is 2. The normalized spacial score (nSPS) is 11.8. The molecule has 1 aromatic heterocycles. The molecule has 8 heteroatoms. The number of amides is 2. The first-order valence-corrected chi connectivity index (χ1v) is 9.78. The van der Waals surface area contributed by atoms with E-state index in [4.69, 9.17) is 5.73 Å². The van der Waals surface area contributed by atoms with Crippen molar-refractivity contribution in [2.24, 2.45) is 5.73 Å². The standard InChI is InChI=1S/C19H17BrN4O2S/c1-12(18(26)23-15-6-2-13(3-7-15)17(21)25)27-19-22-10-11-24(19)16-8-4-14(20)5-9-16/h2-12H,1H3,(H2,21,25)(H,23,26)/t12-/m1/s1. The number of halogens is 1. The third-order valence-electron chi connectivity index (χ3n) is 3.80. The fourth-order valence-electron chi connectivity index (χ4n) is 2.35. The summed E-state index contributed by atoms with van der Waals surface area (Å²) in [6.07, 6.45) is 3.57. The Balaban J connectivity index is 1.67. The van der Waals surface area contributed by atoms with E-state index in [-0.39, 0.29) is 11.2 Å². The molecule has 1 atom stereocenters. The molecule has 0 aliphatic rings. The highest BCUT2D eigenvalue weighted by molar-refractivity contribution is 9.10. The van der Waals surface area contributed by atoms with Crippen LogP contribution in [0.25, 0.3) is 5.69 Å². The molecule has 3 rings (SSSR count). The number of nitrogens with two attached hydrogens (primary N) is 1. The zero-order chi connectivity index (χ0) is 19.4. The van der Waals surface area contributed by atoms with Crippen LogP contribution in [0.2, 0.25) is 0 Å². The molecule has 2 amide bonds. The number of hydrogen-bond acceptors (Lipinski definition) is 4. The maximum absolute atomic E-state index is 12.5. The summed E-state index contributed by atoms with van der Waals surface area (Å²) in [5, 5.41) is 3.19. The van der Waals surface area contributed by atoms with Crippen molar-refractivity contribution < 1.29 is 9.59 Å². The van der Waals surface area contributed by atoms with E-state index in [0.717, 1.165) is 15.3 Å². The zero-order valence-corrected chi connectivity index (χ0v) is 16.8. The third-order valence-corrected chi connectivity index (χ3v) is 5.41. The lowest BCUT2D eigenvalue weighted by atomic mass is 10.2. The number of anilines is 1. The van der Waals surface area contributed by atoms with Gasteiger partial charge >= 0.3 is 0 Å². The summed E-state index contributed by atoms with van der Waals surface area (Å²) in [4.78, 5) is 27.9. The molecule has 138 valence electrons. The van der Waals surface area contributed by atoms with Crippen molar-refractivity contribution in [1.82, 2.24) is 9.55 Å². The Morgan fingerprint density at radius 3 is 2.44 bits per heavy atom. The number of primary amides is 1. The molecule has 0 saturated carbocycles. The summed E-state index contributed by atoms with van der Waals surface area (Å²) in [5.74, 6) is -0.659. The van der Waals surface area contributed by atoms with Crippen LogP contribution in [0.15, 0.2) is 70.6 Å². The van der Waals surface area contributed by atoms with E-state index in [2.05, 4.69) is 26.2 Å². The Labute approximate surface area is 169 Å². The SMILES string of the molecule is C[C@@H](Sc1nccn1-c1ccc(Br)cc1)C(=O)Nc1ccc(C(N)=O)cc1. The number of carbonyl (C=O) groups is 2. The van der Waals surface area contributed by atoms with E-state index in [1.165, 1.54) is 11.8 Å². The number of benzene rings is 2. The Bertz CT molecular complexity index is 955. The highest BCUT2D eigenvalue weighted by Crippen LogP contribution is 2.26. The molecule has 0 spiro atoms. The molecule has 0 aliphatic carbocycles. The number of imidazole rings is 1. The Kier molecular flexibility index (Phi) is 5.98. The monoisotopic (exact) mass is 444 g/mol. The summed E-state index contributed by atoms with van der Waals surface area (Å²) >= 11 is 4.79.